The molecule has 2 amide bonds. The maximum atomic E-state index is 12.1. The van der Waals surface area contributed by atoms with Gasteiger partial charge >= 0.3 is 5.97 Å². The van der Waals surface area contributed by atoms with Crippen LogP contribution in [0.3, 0.4) is 0 Å². The molecule has 0 spiro atoms. The van der Waals surface area contributed by atoms with Crippen molar-refractivity contribution in [1.29, 1.82) is 0 Å². The minimum Gasteiger partial charge on any atom is -0.466 e. The van der Waals surface area contributed by atoms with E-state index in [-0.39, 0.29) is 31.4 Å². The Morgan fingerprint density at radius 1 is 1.08 bits per heavy atom. The Morgan fingerprint density at radius 2 is 1.85 bits per heavy atom. The monoisotopic (exact) mass is 358 g/mol. The van der Waals surface area contributed by atoms with E-state index in [0.717, 1.165) is 5.56 Å². The van der Waals surface area contributed by atoms with E-state index in [0.29, 0.717) is 6.42 Å². The highest BCUT2D eigenvalue weighted by atomic mass is 16.5. The van der Waals surface area contributed by atoms with Gasteiger partial charge in [-0.05, 0) is 31.0 Å². The number of hydrogen-bond acceptors (Lipinski definition) is 5. The van der Waals surface area contributed by atoms with Crippen molar-refractivity contribution >= 4 is 17.8 Å². The summed E-state index contributed by atoms with van der Waals surface area (Å²) in [6, 6.07) is 12.6. The molecular formula is C19H22N2O5. The molecule has 1 unspecified atom stereocenters. The van der Waals surface area contributed by atoms with Crippen molar-refractivity contribution < 1.29 is 23.5 Å². The number of hydrogen-bond donors (Lipinski definition) is 2. The Labute approximate surface area is 151 Å². The molecular weight excluding hydrogens is 336 g/mol. The fourth-order valence-corrected chi connectivity index (χ4v) is 2.35. The predicted octanol–water partition coefficient (Wildman–Crippen LogP) is 1.55. The zero-order chi connectivity index (χ0) is 18.8. The van der Waals surface area contributed by atoms with Gasteiger partial charge in [-0.3, -0.25) is 14.4 Å². The molecule has 0 saturated heterocycles. The molecule has 1 aromatic heterocycles. The number of benzene rings is 1. The molecule has 0 aliphatic rings. The summed E-state index contributed by atoms with van der Waals surface area (Å²) < 4.78 is 10.0. The van der Waals surface area contributed by atoms with Gasteiger partial charge in [-0.25, -0.2) is 0 Å². The Bertz CT molecular complexity index is 713. The van der Waals surface area contributed by atoms with Crippen molar-refractivity contribution in [2.24, 2.45) is 5.92 Å². The number of carbonyl (C=O) groups excluding carboxylic acids is 3. The maximum absolute atomic E-state index is 12.1. The minimum atomic E-state index is -0.498. The van der Waals surface area contributed by atoms with Crippen LogP contribution in [0.5, 0.6) is 0 Å². The molecule has 1 aromatic carbocycles. The Balaban J connectivity index is 1.84. The summed E-state index contributed by atoms with van der Waals surface area (Å²) in [6.07, 6.45) is 1.83. The largest absolute Gasteiger partial charge is 0.466 e. The molecule has 0 fully saturated rings. The summed E-state index contributed by atoms with van der Waals surface area (Å²) in [4.78, 5) is 35.8. The number of rotatable bonds is 9. The van der Waals surface area contributed by atoms with Gasteiger partial charge in [0.1, 0.15) is 0 Å². The molecule has 0 aliphatic heterocycles. The molecule has 2 aromatic rings. The molecule has 1 atom stereocenters. The standard InChI is InChI=1S/C19H22N2O5/c1-2-25-19(24)15(11-14-7-4-3-5-8-14)12-20-17(22)13-21-18(23)16-9-6-10-26-16/h3-10,15H,2,11-13H2,1H3,(H,20,22)(H,21,23). The molecule has 0 radical (unpaired) electrons. The maximum Gasteiger partial charge on any atom is 0.311 e. The Hall–Kier alpha value is -3.09. The van der Waals surface area contributed by atoms with Crippen molar-refractivity contribution in [3.8, 4) is 0 Å². The predicted molar refractivity (Wildman–Crippen MR) is 94.3 cm³/mol. The summed E-state index contributed by atoms with van der Waals surface area (Å²) in [6.45, 7) is 1.93. The normalized spacial score (nSPS) is 11.4. The lowest BCUT2D eigenvalue weighted by atomic mass is 9.99. The van der Waals surface area contributed by atoms with E-state index < -0.39 is 17.7 Å². The first kappa shape index (κ1) is 19.2. The topological polar surface area (TPSA) is 97.6 Å². The van der Waals surface area contributed by atoms with Gasteiger partial charge in [-0.1, -0.05) is 30.3 Å². The molecule has 1 heterocycles. The average molecular weight is 358 g/mol. The van der Waals surface area contributed by atoms with E-state index in [1.807, 2.05) is 30.3 Å². The number of amides is 2. The molecule has 26 heavy (non-hydrogen) atoms. The first-order valence-corrected chi connectivity index (χ1v) is 8.39. The van der Waals surface area contributed by atoms with Crippen LogP contribution >= 0.6 is 0 Å². The molecule has 0 aliphatic carbocycles. The number of carbonyl (C=O) groups is 3. The van der Waals surface area contributed by atoms with Gasteiger partial charge in [0.25, 0.3) is 5.91 Å². The quantitative estimate of drug-likeness (QED) is 0.663. The van der Waals surface area contributed by atoms with Gasteiger partial charge in [-0.2, -0.15) is 0 Å². The second-order valence-electron chi connectivity index (χ2n) is 5.60. The third kappa shape index (κ3) is 6.08. The van der Waals surface area contributed by atoms with Crippen molar-refractivity contribution in [2.45, 2.75) is 13.3 Å². The SMILES string of the molecule is CCOC(=O)C(CNC(=O)CNC(=O)c1ccco1)Cc1ccccc1. The second-order valence-corrected chi connectivity index (χ2v) is 5.60. The molecule has 7 nitrogen and oxygen atoms in total. The van der Waals surface area contributed by atoms with Crippen molar-refractivity contribution in [2.75, 3.05) is 19.7 Å². The van der Waals surface area contributed by atoms with Gasteiger partial charge in [-0.15, -0.1) is 0 Å². The summed E-state index contributed by atoms with van der Waals surface area (Å²) in [7, 11) is 0. The number of furan rings is 1. The zero-order valence-corrected chi connectivity index (χ0v) is 14.6. The first-order chi connectivity index (χ1) is 12.6. The van der Waals surface area contributed by atoms with Crippen LogP contribution in [0.1, 0.15) is 23.0 Å². The van der Waals surface area contributed by atoms with Gasteiger partial charge in [0.2, 0.25) is 5.91 Å². The number of esters is 1. The highest BCUT2D eigenvalue weighted by molar-refractivity contribution is 5.94. The number of ether oxygens (including phenoxy) is 1. The smallest absolute Gasteiger partial charge is 0.311 e. The highest BCUT2D eigenvalue weighted by Crippen LogP contribution is 2.10. The molecule has 2 N–H and O–H groups in total. The van der Waals surface area contributed by atoms with Crippen LogP contribution in [0.25, 0.3) is 0 Å². The van der Waals surface area contributed by atoms with Crippen LogP contribution in [0.15, 0.2) is 53.1 Å². The number of nitrogens with one attached hydrogen (secondary N) is 2. The molecule has 7 heteroatoms. The summed E-state index contributed by atoms with van der Waals surface area (Å²) in [5.74, 6) is -1.60. The third-order valence-electron chi connectivity index (χ3n) is 3.64. The highest BCUT2D eigenvalue weighted by Gasteiger charge is 2.21. The summed E-state index contributed by atoms with van der Waals surface area (Å²) >= 11 is 0. The van der Waals surface area contributed by atoms with Crippen LogP contribution in [0.2, 0.25) is 0 Å². The molecule has 138 valence electrons. The average Bonchev–Trinajstić information content (AvgIpc) is 3.19. The van der Waals surface area contributed by atoms with Gasteiger partial charge in [0, 0.05) is 6.54 Å². The fourth-order valence-electron chi connectivity index (χ4n) is 2.35. The minimum absolute atomic E-state index is 0.128. The van der Waals surface area contributed by atoms with Crippen molar-refractivity contribution in [3.63, 3.8) is 0 Å². The van der Waals surface area contributed by atoms with E-state index in [9.17, 15) is 14.4 Å². The first-order valence-electron chi connectivity index (χ1n) is 8.39. The van der Waals surface area contributed by atoms with Crippen molar-refractivity contribution in [1.82, 2.24) is 10.6 Å². The summed E-state index contributed by atoms with van der Waals surface area (Å²) in [5.41, 5.74) is 0.978. The summed E-state index contributed by atoms with van der Waals surface area (Å²) in [5, 5.41) is 5.11. The van der Waals surface area contributed by atoms with E-state index in [4.69, 9.17) is 9.15 Å². The molecule has 0 saturated carbocycles. The van der Waals surface area contributed by atoms with Gasteiger partial charge in [0.15, 0.2) is 5.76 Å². The van der Waals surface area contributed by atoms with Crippen LogP contribution in [0, 0.1) is 5.92 Å². The third-order valence-corrected chi connectivity index (χ3v) is 3.64. The van der Waals surface area contributed by atoms with Gasteiger partial charge in [0.05, 0.1) is 25.3 Å². The zero-order valence-electron chi connectivity index (χ0n) is 14.6. The fraction of sp³-hybridized carbons (Fsp3) is 0.316. The lowest BCUT2D eigenvalue weighted by Crippen LogP contribution is -2.41. The van der Waals surface area contributed by atoms with E-state index in [1.54, 1.807) is 13.0 Å². The van der Waals surface area contributed by atoms with Crippen LogP contribution in [0.4, 0.5) is 0 Å². The van der Waals surface area contributed by atoms with Crippen LogP contribution in [-0.4, -0.2) is 37.5 Å². The van der Waals surface area contributed by atoms with Gasteiger partial charge < -0.3 is 19.8 Å². The van der Waals surface area contributed by atoms with E-state index in [2.05, 4.69) is 10.6 Å². The van der Waals surface area contributed by atoms with Crippen LogP contribution < -0.4 is 10.6 Å². The van der Waals surface area contributed by atoms with E-state index >= 15 is 0 Å². The lowest BCUT2D eigenvalue weighted by Gasteiger charge is -2.16. The lowest BCUT2D eigenvalue weighted by molar-refractivity contribution is -0.147. The van der Waals surface area contributed by atoms with Crippen molar-refractivity contribution in [3.05, 3.63) is 60.1 Å². The Morgan fingerprint density at radius 3 is 2.50 bits per heavy atom. The second kappa shape index (κ2) is 10.0. The van der Waals surface area contributed by atoms with Crippen LogP contribution in [-0.2, 0) is 20.7 Å². The molecule has 0 bridgehead atoms. The van der Waals surface area contributed by atoms with E-state index in [1.165, 1.54) is 12.3 Å². The molecule has 2 rings (SSSR count). The Kier molecular flexibility index (Phi) is 7.42.